The zero-order chi connectivity index (χ0) is 8.55. The second kappa shape index (κ2) is 4.42. The highest BCUT2D eigenvalue weighted by atomic mass is 79.9. The van der Waals surface area contributed by atoms with Crippen molar-refractivity contribution in [1.82, 2.24) is 5.43 Å². The van der Waals surface area contributed by atoms with Crippen molar-refractivity contribution in [2.75, 3.05) is 0 Å². The lowest BCUT2D eigenvalue weighted by molar-refractivity contribution is 0.551. The van der Waals surface area contributed by atoms with Crippen LogP contribution in [0.2, 0.25) is 0 Å². The summed E-state index contributed by atoms with van der Waals surface area (Å²) in [6.45, 7) is 0. The molecular formula is C9H12BrClN2. The summed E-state index contributed by atoms with van der Waals surface area (Å²) in [5, 5.41) is 0. The largest absolute Gasteiger partial charge is 0.271 e. The molecule has 0 bridgehead atoms. The van der Waals surface area contributed by atoms with Gasteiger partial charge in [0.15, 0.2) is 0 Å². The molecule has 0 aliphatic heterocycles. The molecule has 2 rings (SSSR count). The molecule has 1 atom stereocenters. The van der Waals surface area contributed by atoms with E-state index in [1.807, 2.05) is 0 Å². The van der Waals surface area contributed by atoms with Crippen LogP contribution in [0.1, 0.15) is 23.6 Å². The lowest BCUT2D eigenvalue weighted by Crippen LogP contribution is -2.26. The Balaban J connectivity index is 0.000000845. The number of nitrogens with two attached hydrogens (primary N) is 1. The van der Waals surface area contributed by atoms with E-state index in [0.29, 0.717) is 6.04 Å². The molecule has 4 heteroatoms. The lowest BCUT2D eigenvalue weighted by atomic mass is 10.1. The van der Waals surface area contributed by atoms with Crippen molar-refractivity contribution < 1.29 is 0 Å². The predicted molar refractivity (Wildman–Crippen MR) is 59.8 cm³/mol. The summed E-state index contributed by atoms with van der Waals surface area (Å²) in [5.74, 6) is 5.42. The molecule has 1 aliphatic carbocycles. The molecule has 0 saturated heterocycles. The number of hydrogen-bond acceptors (Lipinski definition) is 2. The van der Waals surface area contributed by atoms with Crippen LogP contribution in [-0.4, -0.2) is 0 Å². The summed E-state index contributed by atoms with van der Waals surface area (Å²) in [6, 6.07) is 6.73. The molecule has 2 nitrogen and oxygen atoms in total. The number of aryl methyl sites for hydroxylation is 1. The van der Waals surface area contributed by atoms with E-state index in [1.54, 1.807) is 0 Å². The van der Waals surface area contributed by atoms with Crippen molar-refractivity contribution in [3.8, 4) is 0 Å². The van der Waals surface area contributed by atoms with Gasteiger partial charge in [-0.3, -0.25) is 11.3 Å². The Bertz CT molecular complexity index is 304. The molecule has 1 aliphatic rings. The average molecular weight is 264 g/mol. The van der Waals surface area contributed by atoms with E-state index in [9.17, 15) is 0 Å². The first-order valence-electron chi connectivity index (χ1n) is 4.05. The summed E-state index contributed by atoms with van der Waals surface area (Å²) >= 11 is 3.46. The number of halogens is 2. The fourth-order valence-electron chi connectivity index (χ4n) is 1.76. The number of fused-ring (bicyclic) bond motifs is 1. The molecule has 0 aromatic heterocycles. The average Bonchev–Trinajstić information content (AvgIpc) is 2.46. The molecule has 0 radical (unpaired) electrons. The SMILES string of the molecule is Cl.NNC1CCc2cc(Br)ccc21. The van der Waals surface area contributed by atoms with Crippen molar-refractivity contribution in [2.24, 2.45) is 5.84 Å². The third-order valence-electron chi connectivity index (χ3n) is 2.38. The first-order chi connectivity index (χ1) is 5.81. The van der Waals surface area contributed by atoms with E-state index in [4.69, 9.17) is 5.84 Å². The minimum Gasteiger partial charge on any atom is -0.271 e. The summed E-state index contributed by atoms with van der Waals surface area (Å²) < 4.78 is 1.15. The Kier molecular flexibility index (Phi) is 3.74. The first kappa shape index (κ1) is 11.0. The van der Waals surface area contributed by atoms with Crippen molar-refractivity contribution in [3.63, 3.8) is 0 Å². The summed E-state index contributed by atoms with van der Waals surface area (Å²) in [6.07, 6.45) is 2.24. The van der Waals surface area contributed by atoms with Gasteiger partial charge in [0.25, 0.3) is 0 Å². The number of rotatable bonds is 1. The van der Waals surface area contributed by atoms with Crippen LogP contribution in [0.5, 0.6) is 0 Å². The molecule has 1 aromatic carbocycles. The van der Waals surface area contributed by atoms with E-state index < -0.39 is 0 Å². The van der Waals surface area contributed by atoms with Crippen LogP contribution in [-0.2, 0) is 6.42 Å². The minimum absolute atomic E-state index is 0. The van der Waals surface area contributed by atoms with Crippen molar-refractivity contribution >= 4 is 28.3 Å². The van der Waals surface area contributed by atoms with Crippen LogP contribution in [0.15, 0.2) is 22.7 Å². The minimum atomic E-state index is 0. The van der Waals surface area contributed by atoms with Crippen molar-refractivity contribution in [2.45, 2.75) is 18.9 Å². The van der Waals surface area contributed by atoms with E-state index in [2.05, 4.69) is 39.6 Å². The zero-order valence-corrected chi connectivity index (χ0v) is 9.49. The van der Waals surface area contributed by atoms with Gasteiger partial charge in [0.2, 0.25) is 0 Å². The smallest absolute Gasteiger partial charge is 0.0465 e. The third kappa shape index (κ3) is 2.05. The second-order valence-electron chi connectivity index (χ2n) is 3.10. The van der Waals surface area contributed by atoms with Crippen LogP contribution in [0.4, 0.5) is 0 Å². The zero-order valence-electron chi connectivity index (χ0n) is 7.09. The summed E-state index contributed by atoms with van der Waals surface area (Å²) in [5.41, 5.74) is 5.58. The van der Waals surface area contributed by atoms with Gasteiger partial charge in [-0.2, -0.15) is 0 Å². The van der Waals surface area contributed by atoms with E-state index in [0.717, 1.165) is 17.3 Å². The first-order valence-corrected chi connectivity index (χ1v) is 4.85. The van der Waals surface area contributed by atoms with E-state index in [-0.39, 0.29) is 12.4 Å². The fraction of sp³-hybridized carbons (Fsp3) is 0.333. The van der Waals surface area contributed by atoms with Crippen LogP contribution in [0.25, 0.3) is 0 Å². The quantitative estimate of drug-likeness (QED) is 0.603. The van der Waals surface area contributed by atoms with Gasteiger partial charge in [0.05, 0.1) is 0 Å². The van der Waals surface area contributed by atoms with Gasteiger partial charge in [-0.15, -0.1) is 12.4 Å². The van der Waals surface area contributed by atoms with Crippen molar-refractivity contribution in [1.29, 1.82) is 0 Å². The van der Waals surface area contributed by atoms with Crippen LogP contribution >= 0.6 is 28.3 Å². The molecule has 0 fully saturated rings. The maximum Gasteiger partial charge on any atom is 0.0465 e. The third-order valence-corrected chi connectivity index (χ3v) is 2.88. The molecule has 0 heterocycles. The molecule has 3 N–H and O–H groups in total. The monoisotopic (exact) mass is 262 g/mol. The fourth-order valence-corrected chi connectivity index (χ4v) is 2.17. The molecule has 13 heavy (non-hydrogen) atoms. The van der Waals surface area contributed by atoms with E-state index in [1.165, 1.54) is 11.1 Å². The predicted octanol–water partition coefficient (Wildman–Crippen LogP) is 2.32. The standard InChI is InChI=1S/C9H11BrN2.ClH/c10-7-2-3-8-6(5-7)1-4-9(8)12-11;/h2-3,5,9,12H,1,4,11H2;1H. The van der Waals surface area contributed by atoms with Crippen LogP contribution in [0.3, 0.4) is 0 Å². The number of hydrogen-bond donors (Lipinski definition) is 2. The van der Waals surface area contributed by atoms with Gasteiger partial charge in [-0.1, -0.05) is 22.0 Å². The Hall–Kier alpha value is -0.0900. The van der Waals surface area contributed by atoms with Crippen molar-refractivity contribution in [3.05, 3.63) is 33.8 Å². The molecule has 0 amide bonds. The Labute approximate surface area is 92.4 Å². The van der Waals surface area contributed by atoms with Gasteiger partial charge in [0.1, 0.15) is 0 Å². The lowest BCUT2D eigenvalue weighted by Gasteiger charge is -2.08. The Morgan fingerprint density at radius 3 is 2.92 bits per heavy atom. The Morgan fingerprint density at radius 2 is 2.23 bits per heavy atom. The molecule has 1 unspecified atom stereocenters. The van der Waals surface area contributed by atoms with Gasteiger partial charge < -0.3 is 0 Å². The summed E-state index contributed by atoms with van der Waals surface area (Å²) in [7, 11) is 0. The highest BCUT2D eigenvalue weighted by molar-refractivity contribution is 9.10. The van der Waals surface area contributed by atoms with Gasteiger partial charge >= 0.3 is 0 Å². The molecular weight excluding hydrogens is 251 g/mol. The molecule has 0 saturated carbocycles. The maximum atomic E-state index is 5.42. The van der Waals surface area contributed by atoms with Gasteiger partial charge in [-0.25, -0.2) is 0 Å². The normalized spacial score (nSPS) is 19.4. The number of nitrogens with one attached hydrogen (secondary N) is 1. The molecule has 1 aromatic rings. The summed E-state index contributed by atoms with van der Waals surface area (Å²) in [4.78, 5) is 0. The highest BCUT2D eigenvalue weighted by Crippen LogP contribution is 2.32. The van der Waals surface area contributed by atoms with Gasteiger partial charge in [0, 0.05) is 10.5 Å². The molecule has 72 valence electrons. The van der Waals surface area contributed by atoms with E-state index >= 15 is 0 Å². The maximum absolute atomic E-state index is 5.42. The topological polar surface area (TPSA) is 38.0 Å². The second-order valence-corrected chi connectivity index (χ2v) is 4.02. The number of hydrazine groups is 1. The Morgan fingerprint density at radius 1 is 1.46 bits per heavy atom. The van der Waals surface area contributed by atoms with Gasteiger partial charge in [-0.05, 0) is 36.1 Å². The van der Waals surface area contributed by atoms with Crippen LogP contribution < -0.4 is 11.3 Å². The number of benzene rings is 1. The van der Waals surface area contributed by atoms with Crippen LogP contribution in [0, 0.1) is 0 Å². The molecule has 0 spiro atoms. The highest BCUT2D eigenvalue weighted by Gasteiger charge is 2.20.